The predicted octanol–water partition coefficient (Wildman–Crippen LogP) is 4.94. The highest BCUT2D eigenvalue weighted by atomic mass is 16.5. The second-order valence-corrected chi connectivity index (χ2v) is 9.00. The summed E-state index contributed by atoms with van der Waals surface area (Å²) in [5.41, 5.74) is 2.89. The van der Waals surface area contributed by atoms with Crippen LogP contribution in [0.15, 0.2) is 78.9 Å². The zero-order valence-corrected chi connectivity index (χ0v) is 21.6. The Morgan fingerprint density at radius 1 is 0.917 bits per heavy atom. The standard InChI is InChI=1S/C30H36N2O4/c1-5-23(3)31-30(34)28(19-24-12-7-6-8-13-24)32(20-25-14-10-15-26(18-25)35-4)29(33)21-36-27-16-9-11-22(2)17-27/h6-18,23,28H,5,19-21H2,1-4H3,(H,31,34)/t23-,28+/m0/s1. The van der Waals surface area contributed by atoms with Gasteiger partial charge in [0.15, 0.2) is 6.61 Å². The molecule has 0 bridgehead atoms. The van der Waals surface area contributed by atoms with Crippen LogP contribution in [0.5, 0.6) is 11.5 Å². The first kappa shape index (κ1) is 26.8. The maximum atomic E-state index is 13.6. The fourth-order valence-corrected chi connectivity index (χ4v) is 3.90. The molecule has 2 amide bonds. The number of nitrogens with one attached hydrogen (secondary N) is 1. The van der Waals surface area contributed by atoms with E-state index >= 15 is 0 Å². The fraction of sp³-hybridized carbons (Fsp3) is 0.333. The van der Waals surface area contributed by atoms with E-state index in [2.05, 4.69) is 5.32 Å². The maximum Gasteiger partial charge on any atom is 0.261 e. The molecule has 0 saturated heterocycles. The van der Waals surface area contributed by atoms with Crippen LogP contribution in [-0.4, -0.2) is 42.5 Å². The smallest absolute Gasteiger partial charge is 0.261 e. The Morgan fingerprint density at radius 2 is 1.61 bits per heavy atom. The van der Waals surface area contributed by atoms with Crippen molar-refractivity contribution in [1.82, 2.24) is 10.2 Å². The Balaban J connectivity index is 1.93. The number of ether oxygens (including phenoxy) is 2. The second-order valence-electron chi connectivity index (χ2n) is 9.00. The summed E-state index contributed by atoms with van der Waals surface area (Å²) in [7, 11) is 1.61. The Bertz CT molecular complexity index is 1130. The number of methoxy groups -OCH3 is 1. The van der Waals surface area contributed by atoms with Crippen molar-refractivity contribution in [2.24, 2.45) is 0 Å². The van der Waals surface area contributed by atoms with E-state index in [-0.39, 0.29) is 31.0 Å². The first-order valence-electron chi connectivity index (χ1n) is 12.4. The molecule has 190 valence electrons. The van der Waals surface area contributed by atoms with Crippen molar-refractivity contribution < 1.29 is 19.1 Å². The largest absolute Gasteiger partial charge is 0.497 e. The van der Waals surface area contributed by atoms with E-state index in [0.29, 0.717) is 17.9 Å². The van der Waals surface area contributed by atoms with Gasteiger partial charge >= 0.3 is 0 Å². The van der Waals surface area contributed by atoms with E-state index in [1.807, 2.05) is 99.6 Å². The van der Waals surface area contributed by atoms with Crippen molar-refractivity contribution in [3.05, 3.63) is 95.6 Å². The predicted molar refractivity (Wildman–Crippen MR) is 142 cm³/mol. The summed E-state index contributed by atoms with van der Waals surface area (Å²) in [4.78, 5) is 28.8. The number of nitrogens with zero attached hydrogens (tertiary/aromatic N) is 1. The second kappa shape index (κ2) is 13.3. The lowest BCUT2D eigenvalue weighted by Crippen LogP contribution is -2.53. The van der Waals surface area contributed by atoms with Crippen LogP contribution >= 0.6 is 0 Å². The molecule has 0 fully saturated rings. The Hall–Kier alpha value is -3.80. The number of aryl methyl sites for hydroxylation is 1. The summed E-state index contributed by atoms with van der Waals surface area (Å²) >= 11 is 0. The average molecular weight is 489 g/mol. The van der Waals surface area contributed by atoms with Crippen molar-refractivity contribution in [3.8, 4) is 11.5 Å². The van der Waals surface area contributed by atoms with Crippen molar-refractivity contribution in [3.63, 3.8) is 0 Å². The third kappa shape index (κ3) is 7.87. The number of carbonyl (C=O) groups excluding carboxylic acids is 2. The molecule has 0 aliphatic heterocycles. The summed E-state index contributed by atoms with van der Waals surface area (Å²) in [6.07, 6.45) is 1.19. The monoisotopic (exact) mass is 488 g/mol. The molecule has 0 saturated carbocycles. The van der Waals surface area contributed by atoms with Gasteiger partial charge in [-0.05, 0) is 61.2 Å². The van der Waals surface area contributed by atoms with E-state index in [9.17, 15) is 9.59 Å². The molecule has 1 N–H and O–H groups in total. The highest BCUT2D eigenvalue weighted by Gasteiger charge is 2.31. The van der Waals surface area contributed by atoms with Crippen LogP contribution in [0.1, 0.15) is 37.0 Å². The van der Waals surface area contributed by atoms with Crippen LogP contribution in [0.4, 0.5) is 0 Å². The van der Waals surface area contributed by atoms with E-state index in [0.717, 1.165) is 23.1 Å². The quantitative estimate of drug-likeness (QED) is 0.392. The van der Waals surface area contributed by atoms with Crippen LogP contribution in [0.2, 0.25) is 0 Å². The van der Waals surface area contributed by atoms with Gasteiger partial charge in [0.2, 0.25) is 5.91 Å². The van der Waals surface area contributed by atoms with Gasteiger partial charge in [-0.15, -0.1) is 0 Å². The minimum Gasteiger partial charge on any atom is -0.497 e. The van der Waals surface area contributed by atoms with Gasteiger partial charge in [-0.25, -0.2) is 0 Å². The van der Waals surface area contributed by atoms with Crippen LogP contribution in [-0.2, 0) is 22.6 Å². The number of benzene rings is 3. The first-order chi connectivity index (χ1) is 17.4. The number of amides is 2. The van der Waals surface area contributed by atoms with Gasteiger partial charge in [0.1, 0.15) is 17.5 Å². The Kier molecular flexibility index (Phi) is 9.92. The normalized spacial score (nSPS) is 12.3. The number of rotatable bonds is 12. The van der Waals surface area contributed by atoms with Crippen molar-refractivity contribution in [2.45, 2.75) is 52.2 Å². The zero-order chi connectivity index (χ0) is 25.9. The molecule has 0 spiro atoms. The minimum absolute atomic E-state index is 0.00640. The lowest BCUT2D eigenvalue weighted by molar-refractivity contribution is -0.143. The molecule has 3 rings (SSSR count). The van der Waals surface area contributed by atoms with Crippen molar-refractivity contribution in [2.75, 3.05) is 13.7 Å². The first-order valence-corrected chi connectivity index (χ1v) is 12.4. The van der Waals surface area contributed by atoms with E-state index < -0.39 is 6.04 Å². The topological polar surface area (TPSA) is 67.9 Å². The highest BCUT2D eigenvalue weighted by Crippen LogP contribution is 2.19. The molecular weight excluding hydrogens is 452 g/mol. The van der Waals surface area contributed by atoms with Gasteiger partial charge in [0.25, 0.3) is 5.91 Å². The third-order valence-electron chi connectivity index (χ3n) is 6.11. The van der Waals surface area contributed by atoms with Gasteiger partial charge in [-0.3, -0.25) is 9.59 Å². The molecule has 0 aromatic heterocycles. The van der Waals surface area contributed by atoms with Crippen molar-refractivity contribution >= 4 is 11.8 Å². The minimum atomic E-state index is -0.707. The molecule has 0 aliphatic rings. The summed E-state index contributed by atoms with van der Waals surface area (Å²) < 4.78 is 11.2. The van der Waals surface area contributed by atoms with Crippen LogP contribution in [0.3, 0.4) is 0 Å². The molecule has 2 atom stereocenters. The lowest BCUT2D eigenvalue weighted by atomic mass is 10.0. The molecule has 0 radical (unpaired) electrons. The van der Waals surface area contributed by atoms with E-state index in [4.69, 9.17) is 9.47 Å². The molecule has 36 heavy (non-hydrogen) atoms. The van der Waals surface area contributed by atoms with Gasteiger partial charge in [-0.1, -0.05) is 61.5 Å². The molecule has 3 aromatic carbocycles. The summed E-state index contributed by atoms with van der Waals surface area (Å²) in [6.45, 7) is 6.03. The van der Waals surface area contributed by atoms with E-state index in [1.54, 1.807) is 12.0 Å². The summed E-state index contributed by atoms with van der Waals surface area (Å²) in [6, 6.07) is 24.2. The van der Waals surface area contributed by atoms with Crippen molar-refractivity contribution in [1.29, 1.82) is 0 Å². The number of hydrogen-bond donors (Lipinski definition) is 1. The van der Waals surface area contributed by atoms with Crippen LogP contribution in [0, 0.1) is 6.92 Å². The third-order valence-corrected chi connectivity index (χ3v) is 6.11. The Labute approximate surface area is 214 Å². The van der Waals surface area contributed by atoms with Gasteiger partial charge in [0, 0.05) is 19.0 Å². The summed E-state index contributed by atoms with van der Waals surface area (Å²) in [5, 5.41) is 3.08. The zero-order valence-electron chi connectivity index (χ0n) is 21.6. The highest BCUT2D eigenvalue weighted by molar-refractivity contribution is 5.88. The van der Waals surface area contributed by atoms with Crippen LogP contribution in [0.25, 0.3) is 0 Å². The molecule has 0 aliphatic carbocycles. The Morgan fingerprint density at radius 3 is 2.31 bits per heavy atom. The van der Waals surface area contributed by atoms with Gasteiger partial charge in [-0.2, -0.15) is 0 Å². The number of carbonyl (C=O) groups is 2. The average Bonchev–Trinajstić information content (AvgIpc) is 2.89. The fourth-order valence-electron chi connectivity index (χ4n) is 3.90. The molecule has 6 nitrogen and oxygen atoms in total. The molecular formula is C30H36N2O4. The molecule has 0 heterocycles. The van der Waals surface area contributed by atoms with Gasteiger partial charge in [0.05, 0.1) is 7.11 Å². The molecule has 3 aromatic rings. The lowest BCUT2D eigenvalue weighted by Gasteiger charge is -2.32. The molecule has 0 unspecified atom stereocenters. The maximum absolute atomic E-state index is 13.6. The van der Waals surface area contributed by atoms with E-state index in [1.165, 1.54) is 0 Å². The van der Waals surface area contributed by atoms with Crippen LogP contribution < -0.4 is 14.8 Å². The summed E-state index contributed by atoms with van der Waals surface area (Å²) in [5.74, 6) is 0.868. The van der Waals surface area contributed by atoms with Gasteiger partial charge < -0.3 is 19.7 Å². The number of hydrogen-bond acceptors (Lipinski definition) is 4. The SMILES string of the molecule is CC[C@H](C)NC(=O)[C@@H](Cc1ccccc1)N(Cc1cccc(OC)c1)C(=O)COc1cccc(C)c1. The molecule has 6 heteroatoms.